The Bertz CT molecular complexity index is 217. The average molecular weight is 186 g/mol. The highest BCUT2D eigenvalue weighted by Crippen LogP contribution is 2.07. The molecule has 1 unspecified atom stereocenters. The van der Waals surface area contributed by atoms with Crippen LogP contribution in [0, 0.1) is 0 Å². The number of carbonyl (C=O) groups is 2. The van der Waals surface area contributed by atoms with Crippen LogP contribution in [0.25, 0.3) is 0 Å². The lowest BCUT2D eigenvalue weighted by Gasteiger charge is -2.08. The van der Waals surface area contributed by atoms with Gasteiger partial charge in [-0.15, -0.1) is 0 Å². The van der Waals surface area contributed by atoms with E-state index in [1.54, 1.807) is 14.0 Å². The number of nitrogens with one attached hydrogen (secondary N) is 1. The highest BCUT2D eigenvalue weighted by molar-refractivity contribution is 5.75. The Hall–Kier alpha value is -1.26. The van der Waals surface area contributed by atoms with Gasteiger partial charge in [-0.3, -0.25) is 4.79 Å². The van der Waals surface area contributed by atoms with E-state index in [-0.39, 0.29) is 18.1 Å². The van der Waals surface area contributed by atoms with Crippen molar-refractivity contribution < 1.29 is 14.3 Å². The Morgan fingerprint density at radius 3 is 2.92 bits per heavy atom. The third kappa shape index (κ3) is 2.61. The zero-order valence-corrected chi connectivity index (χ0v) is 7.87. The monoisotopic (exact) mass is 186 g/mol. The van der Waals surface area contributed by atoms with Crippen LogP contribution in [0.3, 0.4) is 0 Å². The summed E-state index contributed by atoms with van der Waals surface area (Å²) in [5.74, 6) is -0.0226. The van der Waals surface area contributed by atoms with Gasteiger partial charge in [0.2, 0.25) is 5.91 Å². The third-order valence-electron chi connectivity index (χ3n) is 1.90. The minimum Gasteiger partial charge on any atom is -0.442 e. The molecule has 1 aliphatic rings. The van der Waals surface area contributed by atoms with E-state index >= 15 is 0 Å². The molecule has 74 valence electrons. The van der Waals surface area contributed by atoms with Crippen molar-refractivity contribution in [3.63, 3.8) is 0 Å². The molecular formula is C8H14N2O3. The Morgan fingerprint density at radius 2 is 2.46 bits per heavy atom. The van der Waals surface area contributed by atoms with E-state index in [0.29, 0.717) is 19.5 Å². The van der Waals surface area contributed by atoms with Gasteiger partial charge >= 0.3 is 6.09 Å². The Labute approximate surface area is 77.0 Å². The summed E-state index contributed by atoms with van der Waals surface area (Å²) < 4.78 is 4.94. The molecule has 1 N–H and O–H groups in total. The molecule has 13 heavy (non-hydrogen) atoms. The number of hydrogen-bond acceptors (Lipinski definition) is 3. The zero-order chi connectivity index (χ0) is 9.84. The van der Waals surface area contributed by atoms with Gasteiger partial charge in [-0.1, -0.05) is 6.92 Å². The number of likely N-dealkylation sites (N-methyl/N-ethyl adjacent to an activating group) is 1. The summed E-state index contributed by atoms with van der Waals surface area (Å²) in [7, 11) is 1.67. The number of carbonyl (C=O) groups excluding carboxylic acids is 2. The maximum Gasteiger partial charge on any atom is 0.410 e. The van der Waals surface area contributed by atoms with Crippen molar-refractivity contribution in [3.8, 4) is 0 Å². The molecule has 0 bridgehead atoms. The third-order valence-corrected chi connectivity index (χ3v) is 1.90. The van der Waals surface area contributed by atoms with Gasteiger partial charge in [0, 0.05) is 13.5 Å². The van der Waals surface area contributed by atoms with Crippen LogP contribution >= 0.6 is 0 Å². The quantitative estimate of drug-likeness (QED) is 0.673. The summed E-state index contributed by atoms with van der Waals surface area (Å²) in [6.07, 6.45) is -0.0694. The summed E-state index contributed by atoms with van der Waals surface area (Å²) in [5, 5.41) is 2.67. The molecule has 5 nitrogen and oxygen atoms in total. The second-order valence-electron chi connectivity index (χ2n) is 3.04. The van der Waals surface area contributed by atoms with Crippen LogP contribution in [0.4, 0.5) is 4.79 Å². The topological polar surface area (TPSA) is 58.6 Å². The number of ether oxygens (including phenoxy) is 1. The van der Waals surface area contributed by atoms with Crippen LogP contribution in [-0.2, 0) is 9.53 Å². The van der Waals surface area contributed by atoms with Crippen LogP contribution in [0.2, 0.25) is 0 Å². The molecule has 1 rings (SSSR count). The van der Waals surface area contributed by atoms with Crippen molar-refractivity contribution in [2.45, 2.75) is 19.4 Å². The standard InChI is InChI=1S/C8H14N2O3/c1-3-7(11)9-4-6-5-10(2)8(12)13-6/h6H,3-5H2,1-2H3,(H,9,11). The number of hydrogen-bond donors (Lipinski definition) is 1. The van der Waals surface area contributed by atoms with E-state index in [1.807, 2.05) is 0 Å². The van der Waals surface area contributed by atoms with E-state index in [0.717, 1.165) is 0 Å². The first-order chi connectivity index (χ1) is 6.13. The first-order valence-electron chi connectivity index (χ1n) is 4.32. The van der Waals surface area contributed by atoms with Crippen molar-refractivity contribution in [1.29, 1.82) is 0 Å². The van der Waals surface area contributed by atoms with Crippen molar-refractivity contribution >= 4 is 12.0 Å². The lowest BCUT2D eigenvalue weighted by molar-refractivity contribution is -0.121. The number of nitrogens with zero attached hydrogens (tertiary/aromatic N) is 1. The van der Waals surface area contributed by atoms with Gasteiger partial charge in [0.25, 0.3) is 0 Å². The number of cyclic esters (lactones) is 1. The molecule has 1 saturated heterocycles. The fraction of sp³-hybridized carbons (Fsp3) is 0.750. The summed E-state index contributed by atoms with van der Waals surface area (Å²) >= 11 is 0. The molecule has 1 fully saturated rings. The highest BCUT2D eigenvalue weighted by Gasteiger charge is 2.27. The SMILES string of the molecule is CCC(=O)NCC1CN(C)C(=O)O1. The molecule has 5 heteroatoms. The first kappa shape index (κ1) is 9.83. The predicted molar refractivity (Wildman–Crippen MR) is 46.2 cm³/mol. The molecule has 1 aliphatic heterocycles. The maximum atomic E-state index is 10.9. The molecule has 0 aliphatic carbocycles. The molecule has 1 heterocycles. The van der Waals surface area contributed by atoms with Crippen LogP contribution < -0.4 is 5.32 Å². The first-order valence-corrected chi connectivity index (χ1v) is 4.32. The van der Waals surface area contributed by atoms with Gasteiger partial charge in [0.1, 0.15) is 6.10 Å². The predicted octanol–water partition coefficient (Wildman–Crippen LogP) is -0.0368. The van der Waals surface area contributed by atoms with Crippen molar-refractivity contribution in [2.24, 2.45) is 0 Å². The van der Waals surface area contributed by atoms with Crippen LogP contribution in [-0.4, -0.2) is 43.1 Å². The molecule has 0 aromatic heterocycles. The second kappa shape index (κ2) is 4.11. The largest absolute Gasteiger partial charge is 0.442 e. The molecule has 2 amide bonds. The fourth-order valence-electron chi connectivity index (χ4n) is 1.11. The maximum absolute atomic E-state index is 10.9. The summed E-state index contributed by atoms with van der Waals surface area (Å²) in [6, 6.07) is 0. The zero-order valence-electron chi connectivity index (χ0n) is 7.87. The van der Waals surface area contributed by atoms with Gasteiger partial charge in [-0.2, -0.15) is 0 Å². The van der Waals surface area contributed by atoms with Crippen LogP contribution in [0.5, 0.6) is 0 Å². The van der Waals surface area contributed by atoms with Gasteiger partial charge in [-0.05, 0) is 0 Å². The highest BCUT2D eigenvalue weighted by atomic mass is 16.6. The van der Waals surface area contributed by atoms with Gasteiger partial charge in [-0.25, -0.2) is 4.79 Å². The molecule has 0 radical (unpaired) electrons. The van der Waals surface area contributed by atoms with Gasteiger partial charge in [0.15, 0.2) is 0 Å². The lowest BCUT2D eigenvalue weighted by atomic mass is 10.3. The summed E-state index contributed by atoms with van der Waals surface area (Å²) in [6.45, 7) is 2.73. The Morgan fingerprint density at radius 1 is 1.77 bits per heavy atom. The Balaban J connectivity index is 2.24. The number of amides is 2. The summed E-state index contributed by atoms with van der Waals surface area (Å²) in [4.78, 5) is 23.2. The van der Waals surface area contributed by atoms with E-state index < -0.39 is 0 Å². The van der Waals surface area contributed by atoms with Gasteiger partial charge < -0.3 is 15.0 Å². The lowest BCUT2D eigenvalue weighted by Crippen LogP contribution is -2.33. The molecular weight excluding hydrogens is 172 g/mol. The van der Waals surface area contributed by atoms with Crippen molar-refractivity contribution in [2.75, 3.05) is 20.1 Å². The van der Waals surface area contributed by atoms with Crippen molar-refractivity contribution in [3.05, 3.63) is 0 Å². The van der Waals surface area contributed by atoms with Crippen LogP contribution in [0.15, 0.2) is 0 Å². The van der Waals surface area contributed by atoms with E-state index in [2.05, 4.69) is 5.32 Å². The Kier molecular flexibility index (Phi) is 3.11. The van der Waals surface area contributed by atoms with Gasteiger partial charge in [0.05, 0.1) is 13.1 Å². The molecule has 0 saturated carbocycles. The summed E-state index contributed by atoms with van der Waals surface area (Å²) in [5.41, 5.74) is 0. The second-order valence-corrected chi connectivity index (χ2v) is 3.04. The van der Waals surface area contributed by atoms with Crippen LogP contribution in [0.1, 0.15) is 13.3 Å². The molecule has 0 spiro atoms. The molecule has 1 atom stereocenters. The average Bonchev–Trinajstić information content (AvgIpc) is 2.42. The molecule has 0 aromatic rings. The van der Waals surface area contributed by atoms with E-state index in [4.69, 9.17) is 4.74 Å². The minimum absolute atomic E-state index is 0.0226. The fourth-order valence-corrected chi connectivity index (χ4v) is 1.11. The van der Waals surface area contributed by atoms with E-state index in [1.165, 1.54) is 4.90 Å². The van der Waals surface area contributed by atoms with Crippen molar-refractivity contribution in [1.82, 2.24) is 10.2 Å². The number of rotatable bonds is 3. The molecule has 0 aromatic carbocycles. The minimum atomic E-state index is -0.323. The normalized spacial score (nSPS) is 21.5. The van der Waals surface area contributed by atoms with E-state index in [9.17, 15) is 9.59 Å². The smallest absolute Gasteiger partial charge is 0.410 e.